The molecule has 0 aliphatic rings. The molecule has 2 aromatic heterocycles. The molecular formula is C22H20N2O2S. The lowest BCUT2D eigenvalue weighted by Crippen LogP contribution is -2.08. The predicted octanol–water partition coefficient (Wildman–Crippen LogP) is 5.50. The van der Waals surface area contributed by atoms with Crippen LogP contribution in [-0.2, 0) is 0 Å². The van der Waals surface area contributed by atoms with Gasteiger partial charge in [0.05, 0.1) is 17.6 Å². The molecule has 4 nitrogen and oxygen atoms in total. The van der Waals surface area contributed by atoms with Gasteiger partial charge < -0.3 is 9.72 Å². The zero-order valence-corrected chi connectivity index (χ0v) is 15.9. The van der Waals surface area contributed by atoms with Crippen LogP contribution in [0.25, 0.3) is 32.0 Å². The van der Waals surface area contributed by atoms with Crippen LogP contribution < -0.4 is 10.3 Å². The summed E-state index contributed by atoms with van der Waals surface area (Å²) in [6.45, 7) is 2.78. The first-order valence-corrected chi connectivity index (χ1v) is 9.89. The van der Waals surface area contributed by atoms with E-state index in [0.717, 1.165) is 39.4 Å². The number of hydrogen-bond acceptors (Lipinski definition) is 4. The molecule has 0 radical (unpaired) electrons. The van der Waals surface area contributed by atoms with Crippen molar-refractivity contribution in [3.05, 3.63) is 71.0 Å². The Morgan fingerprint density at radius 3 is 2.67 bits per heavy atom. The Morgan fingerprint density at radius 2 is 1.85 bits per heavy atom. The van der Waals surface area contributed by atoms with Crippen molar-refractivity contribution in [3.8, 4) is 27.6 Å². The van der Waals surface area contributed by atoms with E-state index in [9.17, 15) is 4.79 Å². The molecule has 0 saturated carbocycles. The Labute approximate surface area is 161 Å². The van der Waals surface area contributed by atoms with Crippen LogP contribution >= 0.6 is 11.3 Å². The third kappa shape index (κ3) is 3.64. The van der Waals surface area contributed by atoms with Gasteiger partial charge in [0.2, 0.25) is 0 Å². The number of ether oxygens (including phenoxy) is 1. The first-order valence-electron chi connectivity index (χ1n) is 9.07. The summed E-state index contributed by atoms with van der Waals surface area (Å²) in [6, 6.07) is 19.7. The summed E-state index contributed by atoms with van der Waals surface area (Å²) in [5.41, 5.74) is 1.77. The van der Waals surface area contributed by atoms with Gasteiger partial charge in [0.25, 0.3) is 5.56 Å². The molecular weight excluding hydrogens is 356 g/mol. The molecule has 2 heterocycles. The quantitative estimate of drug-likeness (QED) is 0.452. The first-order chi connectivity index (χ1) is 13.3. The van der Waals surface area contributed by atoms with Crippen molar-refractivity contribution >= 4 is 21.6 Å². The fraction of sp³-hybridized carbons (Fsp3) is 0.182. The fourth-order valence-electron chi connectivity index (χ4n) is 2.92. The summed E-state index contributed by atoms with van der Waals surface area (Å²) in [5.74, 6) is 1.29. The zero-order valence-electron chi connectivity index (χ0n) is 15.1. The minimum Gasteiger partial charge on any atom is -0.493 e. The lowest BCUT2D eigenvalue weighted by Gasteiger charge is -2.10. The Balaban J connectivity index is 1.77. The lowest BCUT2D eigenvalue weighted by atomic mass is 10.1. The Hall–Kier alpha value is -2.92. The number of hydrogen-bond donors (Lipinski definition) is 1. The van der Waals surface area contributed by atoms with E-state index in [0.29, 0.717) is 17.8 Å². The van der Waals surface area contributed by atoms with Gasteiger partial charge in [-0.15, -0.1) is 11.3 Å². The molecule has 0 amide bonds. The van der Waals surface area contributed by atoms with E-state index in [1.807, 2.05) is 60.7 Å². The molecule has 27 heavy (non-hydrogen) atoms. The number of nitrogens with one attached hydrogen (secondary N) is 1. The van der Waals surface area contributed by atoms with Gasteiger partial charge in [-0.1, -0.05) is 55.8 Å². The molecule has 0 spiro atoms. The van der Waals surface area contributed by atoms with Gasteiger partial charge in [-0.05, 0) is 30.2 Å². The van der Waals surface area contributed by atoms with Gasteiger partial charge in [0.1, 0.15) is 16.4 Å². The average Bonchev–Trinajstić information content (AvgIpc) is 3.14. The van der Waals surface area contributed by atoms with Crippen LogP contribution in [0.1, 0.15) is 19.8 Å². The van der Waals surface area contributed by atoms with Crippen molar-refractivity contribution in [1.29, 1.82) is 0 Å². The monoisotopic (exact) mass is 376 g/mol. The smallest absolute Gasteiger partial charge is 0.259 e. The number of para-hydroxylation sites is 1. The van der Waals surface area contributed by atoms with Crippen molar-refractivity contribution in [2.75, 3.05) is 6.61 Å². The van der Waals surface area contributed by atoms with E-state index in [-0.39, 0.29) is 5.56 Å². The van der Waals surface area contributed by atoms with E-state index in [2.05, 4.69) is 11.9 Å². The number of H-pyrrole nitrogens is 1. The molecule has 4 aromatic rings. The molecule has 0 atom stereocenters. The average molecular weight is 376 g/mol. The first kappa shape index (κ1) is 17.5. The van der Waals surface area contributed by atoms with E-state index in [1.54, 1.807) is 0 Å². The molecule has 5 heteroatoms. The van der Waals surface area contributed by atoms with Crippen molar-refractivity contribution in [2.24, 2.45) is 0 Å². The van der Waals surface area contributed by atoms with Gasteiger partial charge in [-0.3, -0.25) is 4.79 Å². The van der Waals surface area contributed by atoms with Crippen LogP contribution in [-0.4, -0.2) is 16.6 Å². The van der Waals surface area contributed by atoms with E-state index in [1.165, 1.54) is 11.3 Å². The van der Waals surface area contributed by atoms with Gasteiger partial charge in [0.15, 0.2) is 0 Å². The highest BCUT2D eigenvalue weighted by Crippen LogP contribution is 2.33. The Kier molecular flexibility index (Phi) is 5.03. The molecule has 1 N–H and O–H groups in total. The molecule has 136 valence electrons. The zero-order chi connectivity index (χ0) is 18.6. The van der Waals surface area contributed by atoms with Crippen molar-refractivity contribution < 1.29 is 4.74 Å². The van der Waals surface area contributed by atoms with Crippen LogP contribution in [0.5, 0.6) is 5.75 Å². The SMILES string of the molecule is CCCCOc1ccccc1-c1nc2sc(-c3ccccc3)cc2c(=O)[nH]1. The second kappa shape index (κ2) is 7.76. The second-order valence-electron chi connectivity index (χ2n) is 6.31. The highest BCUT2D eigenvalue weighted by molar-refractivity contribution is 7.21. The predicted molar refractivity (Wildman–Crippen MR) is 112 cm³/mol. The van der Waals surface area contributed by atoms with Gasteiger partial charge in [-0.2, -0.15) is 0 Å². The van der Waals surface area contributed by atoms with E-state index in [4.69, 9.17) is 9.72 Å². The standard InChI is InChI=1S/C22H20N2O2S/c1-2-3-13-26-18-12-8-7-11-16(18)20-23-21(25)17-14-19(27-22(17)24-20)15-9-5-4-6-10-15/h4-12,14H,2-3,13H2,1H3,(H,23,24,25). The summed E-state index contributed by atoms with van der Waals surface area (Å²) in [6.07, 6.45) is 2.06. The highest BCUT2D eigenvalue weighted by atomic mass is 32.1. The maximum absolute atomic E-state index is 12.7. The van der Waals surface area contributed by atoms with Crippen molar-refractivity contribution in [1.82, 2.24) is 9.97 Å². The molecule has 0 aliphatic carbocycles. The summed E-state index contributed by atoms with van der Waals surface area (Å²) >= 11 is 1.53. The molecule has 0 aliphatic heterocycles. The molecule has 0 fully saturated rings. The molecule has 4 rings (SSSR count). The lowest BCUT2D eigenvalue weighted by molar-refractivity contribution is 0.310. The van der Waals surface area contributed by atoms with Crippen molar-refractivity contribution in [3.63, 3.8) is 0 Å². The normalized spacial score (nSPS) is 11.0. The van der Waals surface area contributed by atoms with Crippen LogP contribution in [0, 0.1) is 0 Å². The fourth-order valence-corrected chi connectivity index (χ4v) is 3.96. The van der Waals surface area contributed by atoms with Crippen LogP contribution in [0.2, 0.25) is 0 Å². The van der Waals surface area contributed by atoms with Crippen molar-refractivity contribution in [2.45, 2.75) is 19.8 Å². The topological polar surface area (TPSA) is 55.0 Å². The molecule has 0 unspecified atom stereocenters. The molecule has 0 bridgehead atoms. The number of aromatic amines is 1. The number of thiophene rings is 1. The summed E-state index contributed by atoms with van der Waals surface area (Å²) in [7, 11) is 0. The van der Waals surface area contributed by atoms with Crippen LogP contribution in [0.15, 0.2) is 65.5 Å². The number of rotatable bonds is 6. The van der Waals surface area contributed by atoms with Crippen LogP contribution in [0.4, 0.5) is 0 Å². The van der Waals surface area contributed by atoms with Gasteiger partial charge >= 0.3 is 0 Å². The maximum Gasteiger partial charge on any atom is 0.259 e. The largest absolute Gasteiger partial charge is 0.493 e. The van der Waals surface area contributed by atoms with E-state index < -0.39 is 0 Å². The summed E-state index contributed by atoms with van der Waals surface area (Å²) < 4.78 is 5.90. The number of nitrogens with zero attached hydrogens (tertiary/aromatic N) is 1. The third-order valence-electron chi connectivity index (χ3n) is 4.36. The Morgan fingerprint density at radius 1 is 1.07 bits per heavy atom. The number of aromatic nitrogens is 2. The van der Waals surface area contributed by atoms with Gasteiger partial charge in [-0.25, -0.2) is 4.98 Å². The minimum atomic E-state index is -0.128. The van der Waals surface area contributed by atoms with Gasteiger partial charge in [0, 0.05) is 4.88 Å². The third-order valence-corrected chi connectivity index (χ3v) is 5.44. The second-order valence-corrected chi connectivity index (χ2v) is 7.34. The number of unbranched alkanes of at least 4 members (excludes halogenated alkanes) is 1. The number of benzene rings is 2. The highest BCUT2D eigenvalue weighted by Gasteiger charge is 2.14. The molecule has 0 saturated heterocycles. The van der Waals surface area contributed by atoms with E-state index >= 15 is 0 Å². The summed E-state index contributed by atoms with van der Waals surface area (Å²) in [5, 5.41) is 0.618. The maximum atomic E-state index is 12.7. The van der Waals surface area contributed by atoms with Crippen LogP contribution in [0.3, 0.4) is 0 Å². The number of fused-ring (bicyclic) bond motifs is 1. The Bertz CT molecular complexity index is 1120. The summed E-state index contributed by atoms with van der Waals surface area (Å²) in [4.78, 5) is 22.1. The molecule has 2 aromatic carbocycles. The minimum absolute atomic E-state index is 0.128.